The van der Waals surface area contributed by atoms with Crippen LogP contribution >= 0.6 is 0 Å². The van der Waals surface area contributed by atoms with Crippen molar-refractivity contribution in [2.45, 2.75) is 112 Å². The number of hydrogen-bond donors (Lipinski definition) is 1. The molecular formula is C30H48O3. The molecule has 3 nitrogen and oxygen atoms in total. The van der Waals surface area contributed by atoms with Gasteiger partial charge in [0.15, 0.2) is 0 Å². The number of rotatable bonds is 3. The molecule has 0 radical (unpaired) electrons. The van der Waals surface area contributed by atoms with Crippen LogP contribution in [-0.4, -0.2) is 23.8 Å². The molecule has 0 aromatic rings. The molecule has 1 N–H and O–H groups in total. The molecule has 5 rings (SSSR count). The van der Waals surface area contributed by atoms with Gasteiger partial charge in [0.1, 0.15) is 0 Å². The first-order valence-electron chi connectivity index (χ1n) is 13.9. The van der Waals surface area contributed by atoms with Gasteiger partial charge in [-0.3, -0.25) is 4.79 Å². The van der Waals surface area contributed by atoms with Crippen LogP contribution in [0, 0.1) is 50.7 Å². The van der Waals surface area contributed by atoms with Crippen LogP contribution in [0.25, 0.3) is 0 Å². The van der Waals surface area contributed by atoms with Crippen LogP contribution in [0.5, 0.6) is 0 Å². The highest BCUT2D eigenvalue weighted by Gasteiger charge is 2.69. The number of hydrogen-bond acceptors (Lipinski definition) is 2. The molecule has 3 saturated carbocycles. The van der Waals surface area contributed by atoms with Crippen molar-refractivity contribution in [1.29, 1.82) is 0 Å². The zero-order valence-corrected chi connectivity index (χ0v) is 22.3. The maximum atomic E-state index is 12.5. The summed E-state index contributed by atoms with van der Waals surface area (Å²) in [5.41, 5.74) is 2.23. The molecule has 4 fully saturated rings. The lowest BCUT2D eigenvalue weighted by Crippen LogP contribution is -2.67. The third-order valence-electron chi connectivity index (χ3n) is 12.7. The van der Waals surface area contributed by atoms with Crippen LogP contribution in [-0.2, 0) is 9.53 Å². The second-order valence-corrected chi connectivity index (χ2v) is 14.3. The highest BCUT2D eigenvalue weighted by atomic mass is 16.5. The van der Waals surface area contributed by atoms with Gasteiger partial charge in [-0.2, -0.15) is 0 Å². The lowest BCUT2D eigenvalue weighted by molar-refractivity contribution is -0.248. The second kappa shape index (κ2) is 7.34. The standard InChI is InChI=1S/C30H48O3/c1-8-26(3,4)25-27(5)14-9-15-30(18-33-25)21-13-17-29(7)23(24(31)32)19(2)12-16-28(29,6)20(21)10-11-22(27)30/h13,19-20,22-23,25H,8-12,14-18H2,1-7H3,(H,31,32). The van der Waals surface area contributed by atoms with Crippen LogP contribution in [0.2, 0.25) is 0 Å². The lowest BCUT2D eigenvalue weighted by Gasteiger charge is -2.70. The topological polar surface area (TPSA) is 46.5 Å². The fourth-order valence-corrected chi connectivity index (χ4v) is 10.6. The van der Waals surface area contributed by atoms with Crippen molar-refractivity contribution in [3.8, 4) is 0 Å². The number of ether oxygens (including phenoxy) is 1. The molecule has 1 saturated heterocycles. The average molecular weight is 457 g/mol. The summed E-state index contributed by atoms with van der Waals surface area (Å²) in [5.74, 6) is 0.673. The molecule has 4 aliphatic carbocycles. The summed E-state index contributed by atoms with van der Waals surface area (Å²) in [6, 6.07) is 0. The minimum atomic E-state index is -0.574. The van der Waals surface area contributed by atoms with Gasteiger partial charge in [-0.25, -0.2) is 0 Å². The van der Waals surface area contributed by atoms with E-state index >= 15 is 0 Å². The second-order valence-electron chi connectivity index (χ2n) is 14.3. The van der Waals surface area contributed by atoms with E-state index in [0.29, 0.717) is 17.9 Å². The molecule has 9 unspecified atom stereocenters. The highest BCUT2D eigenvalue weighted by Crippen LogP contribution is 2.74. The maximum Gasteiger partial charge on any atom is 0.307 e. The molecule has 0 aromatic heterocycles. The molecule has 0 aromatic carbocycles. The Balaban J connectivity index is 1.58. The Bertz CT molecular complexity index is 859. The summed E-state index contributed by atoms with van der Waals surface area (Å²) >= 11 is 0. The monoisotopic (exact) mass is 456 g/mol. The van der Waals surface area contributed by atoms with Gasteiger partial charge in [0.25, 0.3) is 0 Å². The van der Waals surface area contributed by atoms with E-state index < -0.39 is 5.97 Å². The van der Waals surface area contributed by atoms with Gasteiger partial charge in [-0.15, -0.1) is 0 Å². The summed E-state index contributed by atoms with van der Waals surface area (Å²) in [4.78, 5) is 12.5. The van der Waals surface area contributed by atoms with E-state index in [4.69, 9.17) is 4.74 Å². The van der Waals surface area contributed by atoms with E-state index in [0.717, 1.165) is 25.9 Å². The van der Waals surface area contributed by atoms with Crippen molar-refractivity contribution < 1.29 is 14.6 Å². The summed E-state index contributed by atoms with van der Waals surface area (Å²) in [7, 11) is 0. The van der Waals surface area contributed by atoms with E-state index in [2.05, 4.69) is 54.5 Å². The first-order chi connectivity index (χ1) is 15.4. The summed E-state index contributed by atoms with van der Waals surface area (Å²) in [6.07, 6.45) is 13.6. The fourth-order valence-electron chi connectivity index (χ4n) is 10.6. The predicted octanol–water partition coefficient (Wildman–Crippen LogP) is 7.50. The van der Waals surface area contributed by atoms with Crippen LogP contribution in [0.4, 0.5) is 0 Å². The van der Waals surface area contributed by atoms with Gasteiger partial charge in [0.2, 0.25) is 0 Å². The molecule has 0 amide bonds. The van der Waals surface area contributed by atoms with Gasteiger partial charge in [0, 0.05) is 5.41 Å². The fraction of sp³-hybridized carbons (Fsp3) is 0.900. The lowest BCUT2D eigenvalue weighted by atomic mass is 9.36. The average Bonchev–Trinajstić information content (AvgIpc) is 2.73. The van der Waals surface area contributed by atoms with Crippen molar-refractivity contribution in [3.05, 3.63) is 11.6 Å². The maximum absolute atomic E-state index is 12.5. The summed E-state index contributed by atoms with van der Waals surface area (Å²) < 4.78 is 6.95. The smallest absolute Gasteiger partial charge is 0.307 e. The van der Waals surface area contributed by atoms with Gasteiger partial charge >= 0.3 is 5.97 Å². The zero-order chi connectivity index (χ0) is 24.0. The van der Waals surface area contributed by atoms with E-state index in [1.54, 1.807) is 5.57 Å². The third-order valence-corrected chi connectivity index (χ3v) is 12.7. The number of carbonyl (C=O) groups is 1. The zero-order valence-electron chi connectivity index (χ0n) is 22.3. The molecule has 3 heteroatoms. The Morgan fingerprint density at radius 1 is 1.12 bits per heavy atom. The first-order valence-corrected chi connectivity index (χ1v) is 13.9. The Hall–Kier alpha value is -0.830. The van der Waals surface area contributed by atoms with Crippen LogP contribution in [0.3, 0.4) is 0 Å². The first kappa shape index (κ1) is 23.9. The predicted molar refractivity (Wildman–Crippen MR) is 133 cm³/mol. The molecule has 9 atom stereocenters. The number of allylic oxidation sites excluding steroid dienone is 1. The molecule has 33 heavy (non-hydrogen) atoms. The minimum Gasteiger partial charge on any atom is -0.481 e. The van der Waals surface area contributed by atoms with Crippen molar-refractivity contribution in [3.63, 3.8) is 0 Å². The van der Waals surface area contributed by atoms with Crippen molar-refractivity contribution in [2.24, 2.45) is 50.7 Å². The minimum absolute atomic E-state index is 0.0692. The Morgan fingerprint density at radius 3 is 2.52 bits per heavy atom. The van der Waals surface area contributed by atoms with Crippen LogP contribution < -0.4 is 0 Å². The number of carboxylic acid groups (broad SMARTS) is 1. The number of fused-ring (bicyclic) bond motifs is 3. The summed E-state index contributed by atoms with van der Waals surface area (Å²) in [5, 5.41) is 10.3. The van der Waals surface area contributed by atoms with Crippen LogP contribution in [0.1, 0.15) is 106 Å². The van der Waals surface area contributed by atoms with E-state index in [1.165, 1.54) is 38.5 Å². The Labute approximate surface area is 202 Å². The van der Waals surface area contributed by atoms with E-state index in [1.807, 2.05) is 0 Å². The Kier molecular flexibility index (Phi) is 5.31. The van der Waals surface area contributed by atoms with Crippen LogP contribution in [0.15, 0.2) is 11.6 Å². The summed E-state index contributed by atoms with van der Waals surface area (Å²) in [6.45, 7) is 17.6. The van der Waals surface area contributed by atoms with Gasteiger partial charge in [-0.1, -0.05) is 66.5 Å². The molecule has 2 bridgehead atoms. The number of carboxylic acids is 1. The molecule has 1 heterocycles. The molecule has 186 valence electrons. The van der Waals surface area contributed by atoms with Crippen molar-refractivity contribution in [1.82, 2.24) is 0 Å². The Morgan fingerprint density at radius 2 is 1.85 bits per heavy atom. The normalized spacial score (nSPS) is 51.6. The van der Waals surface area contributed by atoms with E-state index in [-0.39, 0.29) is 38.9 Å². The van der Waals surface area contributed by atoms with Gasteiger partial charge in [0.05, 0.1) is 18.6 Å². The quantitative estimate of drug-likeness (QED) is 0.447. The van der Waals surface area contributed by atoms with Gasteiger partial charge in [-0.05, 0) is 90.8 Å². The van der Waals surface area contributed by atoms with Crippen molar-refractivity contribution in [2.75, 3.05) is 6.61 Å². The molecule has 1 aliphatic heterocycles. The SMILES string of the molecule is CCC(C)(C)C1OCC23CCCC1(C)C2CCC1C3=CCC2(C)C(C(=O)O)C(C)CCC12C. The largest absolute Gasteiger partial charge is 0.481 e. The van der Waals surface area contributed by atoms with Crippen molar-refractivity contribution >= 4 is 5.97 Å². The third kappa shape index (κ3) is 2.87. The molecular weight excluding hydrogens is 408 g/mol. The molecule has 0 spiro atoms. The van der Waals surface area contributed by atoms with Gasteiger partial charge < -0.3 is 9.84 Å². The van der Waals surface area contributed by atoms with E-state index in [9.17, 15) is 9.90 Å². The highest BCUT2D eigenvalue weighted by molar-refractivity contribution is 5.72. The number of aliphatic carboxylic acids is 1. The molecule has 5 aliphatic rings.